The summed E-state index contributed by atoms with van der Waals surface area (Å²) in [5.74, 6) is -0.511. The summed E-state index contributed by atoms with van der Waals surface area (Å²) in [4.78, 5) is 22.3. The smallest absolute Gasteiger partial charge is 0.271 e. The molecule has 108 valence electrons. The van der Waals surface area contributed by atoms with Gasteiger partial charge in [-0.25, -0.2) is 0 Å². The van der Waals surface area contributed by atoms with Crippen molar-refractivity contribution in [1.82, 2.24) is 0 Å². The van der Waals surface area contributed by atoms with Crippen LogP contribution in [0.15, 0.2) is 40.9 Å². The lowest BCUT2D eigenvalue weighted by molar-refractivity contribution is -0.384. The fourth-order valence-corrected chi connectivity index (χ4v) is 2.61. The molecule has 0 aliphatic heterocycles. The van der Waals surface area contributed by atoms with Gasteiger partial charge >= 0.3 is 0 Å². The predicted octanol–water partition coefficient (Wildman–Crippen LogP) is 4.92. The molecule has 1 N–H and O–H groups in total. The summed E-state index contributed by atoms with van der Waals surface area (Å²) < 4.78 is 0.597. The summed E-state index contributed by atoms with van der Waals surface area (Å²) in [6, 6.07) is 8.54. The lowest BCUT2D eigenvalue weighted by atomic mass is 10.2. The highest BCUT2D eigenvalue weighted by Gasteiger charge is 2.15. The Morgan fingerprint density at radius 1 is 1.14 bits per heavy atom. The number of nitro benzene ring substituents is 1. The van der Waals surface area contributed by atoms with Gasteiger partial charge in [-0.3, -0.25) is 14.9 Å². The molecular formula is C13H7BrCl2N2O3. The number of non-ortho nitro benzene ring substituents is 1. The second kappa shape index (κ2) is 6.43. The van der Waals surface area contributed by atoms with Gasteiger partial charge in [0, 0.05) is 32.2 Å². The average molecular weight is 390 g/mol. The Hall–Kier alpha value is -1.63. The van der Waals surface area contributed by atoms with Crippen molar-refractivity contribution >= 4 is 56.4 Å². The molecule has 2 rings (SSSR count). The summed E-state index contributed by atoms with van der Waals surface area (Å²) in [7, 11) is 0. The Bertz CT molecular complexity index is 737. The summed E-state index contributed by atoms with van der Waals surface area (Å²) in [5.41, 5.74) is 0.339. The number of anilines is 1. The first-order chi connectivity index (χ1) is 9.86. The molecule has 21 heavy (non-hydrogen) atoms. The van der Waals surface area contributed by atoms with Crippen LogP contribution in [0, 0.1) is 10.1 Å². The number of nitrogens with one attached hydrogen (secondary N) is 1. The van der Waals surface area contributed by atoms with Crippen molar-refractivity contribution in [2.24, 2.45) is 0 Å². The molecule has 0 bridgehead atoms. The van der Waals surface area contributed by atoms with E-state index in [1.54, 1.807) is 18.2 Å². The zero-order valence-electron chi connectivity index (χ0n) is 10.3. The van der Waals surface area contributed by atoms with E-state index >= 15 is 0 Å². The molecule has 2 aromatic carbocycles. The molecule has 0 saturated carbocycles. The molecule has 2 aromatic rings. The van der Waals surface area contributed by atoms with Gasteiger partial charge in [-0.15, -0.1) is 0 Å². The summed E-state index contributed by atoms with van der Waals surface area (Å²) in [6.07, 6.45) is 0. The number of benzene rings is 2. The number of carbonyl (C=O) groups is 1. The van der Waals surface area contributed by atoms with Gasteiger partial charge in [0.05, 0.1) is 10.6 Å². The SMILES string of the molecule is O=C(Nc1ccc(Cl)cc1Br)c1cc(Cl)cc([N+](=O)[O-])c1. The van der Waals surface area contributed by atoms with Gasteiger partial charge in [0.15, 0.2) is 0 Å². The fraction of sp³-hybridized carbons (Fsp3) is 0. The van der Waals surface area contributed by atoms with E-state index in [0.717, 1.165) is 6.07 Å². The van der Waals surface area contributed by atoms with E-state index in [1.807, 2.05) is 0 Å². The van der Waals surface area contributed by atoms with Crippen molar-refractivity contribution in [3.63, 3.8) is 0 Å². The molecule has 0 heterocycles. The Balaban J connectivity index is 2.30. The highest BCUT2D eigenvalue weighted by atomic mass is 79.9. The van der Waals surface area contributed by atoms with Crippen molar-refractivity contribution in [3.05, 3.63) is 66.6 Å². The number of rotatable bonds is 3. The Labute approximate surface area is 138 Å². The molecule has 8 heteroatoms. The van der Waals surface area contributed by atoms with Gasteiger partial charge in [0.25, 0.3) is 11.6 Å². The van der Waals surface area contributed by atoms with Crippen LogP contribution in [0.25, 0.3) is 0 Å². The monoisotopic (exact) mass is 388 g/mol. The van der Waals surface area contributed by atoms with Crippen LogP contribution in [0.2, 0.25) is 10.0 Å². The molecule has 0 atom stereocenters. The second-order valence-electron chi connectivity index (χ2n) is 4.03. The molecule has 0 aromatic heterocycles. The zero-order chi connectivity index (χ0) is 15.6. The molecule has 1 amide bonds. The van der Waals surface area contributed by atoms with Gasteiger partial charge in [-0.05, 0) is 40.2 Å². The number of hydrogen-bond donors (Lipinski definition) is 1. The third kappa shape index (κ3) is 3.93. The van der Waals surface area contributed by atoms with E-state index in [2.05, 4.69) is 21.2 Å². The molecular weight excluding hydrogens is 383 g/mol. The Morgan fingerprint density at radius 2 is 1.86 bits per heavy atom. The first-order valence-corrected chi connectivity index (χ1v) is 7.13. The average Bonchev–Trinajstić information content (AvgIpc) is 2.41. The minimum atomic E-state index is -0.610. The topological polar surface area (TPSA) is 72.2 Å². The van der Waals surface area contributed by atoms with Crippen LogP contribution in [-0.4, -0.2) is 10.8 Å². The normalized spacial score (nSPS) is 10.2. The van der Waals surface area contributed by atoms with Crippen LogP contribution in [0.1, 0.15) is 10.4 Å². The van der Waals surface area contributed by atoms with Crippen LogP contribution >= 0.6 is 39.1 Å². The van der Waals surface area contributed by atoms with E-state index in [-0.39, 0.29) is 16.3 Å². The molecule has 0 spiro atoms. The van der Waals surface area contributed by atoms with E-state index in [0.29, 0.717) is 15.2 Å². The fourth-order valence-electron chi connectivity index (χ4n) is 1.60. The largest absolute Gasteiger partial charge is 0.321 e. The van der Waals surface area contributed by atoms with Crippen LogP contribution in [0.4, 0.5) is 11.4 Å². The number of nitrogens with zero attached hydrogens (tertiary/aromatic N) is 1. The molecule has 0 radical (unpaired) electrons. The minimum absolute atomic E-state index is 0.0936. The number of hydrogen-bond acceptors (Lipinski definition) is 3. The summed E-state index contributed by atoms with van der Waals surface area (Å²) in [6.45, 7) is 0. The maximum absolute atomic E-state index is 12.1. The van der Waals surface area contributed by atoms with Crippen molar-refractivity contribution < 1.29 is 9.72 Å². The van der Waals surface area contributed by atoms with Gasteiger partial charge in [0.1, 0.15) is 0 Å². The van der Waals surface area contributed by atoms with E-state index in [9.17, 15) is 14.9 Å². The third-order valence-corrected chi connectivity index (χ3v) is 3.64. The number of carbonyl (C=O) groups excluding carboxylic acids is 1. The molecule has 5 nitrogen and oxygen atoms in total. The maximum Gasteiger partial charge on any atom is 0.271 e. The highest BCUT2D eigenvalue weighted by Crippen LogP contribution is 2.27. The summed E-state index contributed by atoms with van der Waals surface area (Å²) >= 11 is 14.9. The molecule has 0 fully saturated rings. The van der Waals surface area contributed by atoms with Crippen LogP contribution in [-0.2, 0) is 0 Å². The van der Waals surface area contributed by atoms with Crippen molar-refractivity contribution in [2.45, 2.75) is 0 Å². The van der Waals surface area contributed by atoms with Gasteiger partial charge in [-0.1, -0.05) is 23.2 Å². The lowest BCUT2D eigenvalue weighted by Crippen LogP contribution is -2.12. The number of nitro groups is 1. The van der Waals surface area contributed by atoms with E-state index in [4.69, 9.17) is 23.2 Å². The quantitative estimate of drug-likeness (QED) is 0.598. The first-order valence-electron chi connectivity index (χ1n) is 5.58. The maximum atomic E-state index is 12.1. The molecule has 0 aliphatic carbocycles. The van der Waals surface area contributed by atoms with Crippen molar-refractivity contribution in [3.8, 4) is 0 Å². The second-order valence-corrected chi connectivity index (χ2v) is 5.76. The van der Waals surface area contributed by atoms with Gasteiger partial charge in [0.2, 0.25) is 0 Å². The van der Waals surface area contributed by atoms with Crippen molar-refractivity contribution in [1.29, 1.82) is 0 Å². The molecule has 0 unspecified atom stereocenters. The van der Waals surface area contributed by atoms with Gasteiger partial charge in [-0.2, -0.15) is 0 Å². The highest BCUT2D eigenvalue weighted by molar-refractivity contribution is 9.10. The molecule has 0 saturated heterocycles. The van der Waals surface area contributed by atoms with E-state index in [1.165, 1.54) is 12.1 Å². The molecule has 0 aliphatic rings. The predicted molar refractivity (Wildman–Crippen MR) is 85.2 cm³/mol. The Kier molecular flexibility index (Phi) is 4.82. The summed E-state index contributed by atoms with van der Waals surface area (Å²) in [5, 5.41) is 14.0. The van der Waals surface area contributed by atoms with Crippen LogP contribution < -0.4 is 5.32 Å². The standard InChI is InChI=1S/C13H7BrCl2N2O3/c14-11-6-8(15)1-2-12(11)17-13(19)7-3-9(16)5-10(4-7)18(20)21/h1-6H,(H,17,19). The van der Waals surface area contributed by atoms with E-state index < -0.39 is 10.8 Å². The number of halogens is 3. The lowest BCUT2D eigenvalue weighted by Gasteiger charge is -2.08. The van der Waals surface area contributed by atoms with Crippen molar-refractivity contribution in [2.75, 3.05) is 5.32 Å². The minimum Gasteiger partial charge on any atom is -0.321 e. The van der Waals surface area contributed by atoms with Crippen LogP contribution in [0.3, 0.4) is 0 Å². The number of amides is 1. The first kappa shape index (κ1) is 15.8. The zero-order valence-corrected chi connectivity index (χ0v) is 13.4. The van der Waals surface area contributed by atoms with Gasteiger partial charge < -0.3 is 5.32 Å². The Morgan fingerprint density at radius 3 is 2.48 bits per heavy atom. The van der Waals surface area contributed by atoms with Crippen LogP contribution in [0.5, 0.6) is 0 Å². The third-order valence-electron chi connectivity index (χ3n) is 2.53.